The minimum atomic E-state index is -0.630. The molecule has 1 fully saturated rings. The van der Waals surface area contributed by atoms with E-state index in [1.807, 2.05) is 0 Å². The molecule has 2 N–H and O–H groups in total. The first-order valence-corrected chi connectivity index (χ1v) is 5.63. The van der Waals surface area contributed by atoms with Gasteiger partial charge in [-0.3, -0.25) is 4.79 Å². The van der Waals surface area contributed by atoms with Gasteiger partial charge in [-0.2, -0.15) is 0 Å². The SMILES string of the molecule is COc1ccc(C(=O)C2(N)CCCC2)cc1. The summed E-state index contributed by atoms with van der Waals surface area (Å²) in [4.78, 5) is 12.2. The molecule has 0 unspecified atom stereocenters. The van der Waals surface area contributed by atoms with Gasteiger partial charge in [0.1, 0.15) is 5.75 Å². The molecule has 0 atom stereocenters. The maximum absolute atomic E-state index is 12.2. The number of nitrogens with two attached hydrogens (primary N) is 1. The monoisotopic (exact) mass is 219 g/mol. The van der Waals surface area contributed by atoms with Crippen LogP contribution in [0.15, 0.2) is 24.3 Å². The van der Waals surface area contributed by atoms with Crippen LogP contribution < -0.4 is 10.5 Å². The number of carbonyl (C=O) groups excluding carboxylic acids is 1. The molecule has 0 aliphatic heterocycles. The Morgan fingerprint density at radius 1 is 1.25 bits per heavy atom. The summed E-state index contributed by atoms with van der Waals surface area (Å²) in [6.45, 7) is 0. The third kappa shape index (κ3) is 1.95. The Morgan fingerprint density at radius 3 is 2.31 bits per heavy atom. The average molecular weight is 219 g/mol. The predicted octanol–water partition coefficient (Wildman–Crippen LogP) is 2.15. The van der Waals surface area contributed by atoms with E-state index >= 15 is 0 Å². The molecular weight excluding hydrogens is 202 g/mol. The molecule has 0 heterocycles. The number of ether oxygens (including phenoxy) is 1. The zero-order valence-electron chi connectivity index (χ0n) is 9.53. The fourth-order valence-corrected chi connectivity index (χ4v) is 2.26. The van der Waals surface area contributed by atoms with Crippen molar-refractivity contribution in [1.29, 1.82) is 0 Å². The molecule has 0 aromatic heterocycles. The molecule has 3 nitrogen and oxygen atoms in total. The van der Waals surface area contributed by atoms with Crippen LogP contribution in [0.5, 0.6) is 5.75 Å². The molecule has 16 heavy (non-hydrogen) atoms. The van der Waals surface area contributed by atoms with Gasteiger partial charge in [0, 0.05) is 5.56 Å². The minimum Gasteiger partial charge on any atom is -0.497 e. The van der Waals surface area contributed by atoms with Gasteiger partial charge < -0.3 is 10.5 Å². The Balaban J connectivity index is 2.20. The Hall–Kier alpha value is -1.35. The molecule has 0 radical (unpaired) electrons. The van der Waals surface area contributed by atoms with E-state index < -0.39 is 5.54 Å². The van der Waals surface area contributed by atoms with Crippen molar-refractivity contribution in [3.8, 4) is 5.75 Å². The van der Waals surface area contributed by atoms with Gasteiger partial charge in [-0.25, -0.2) is 0 Å². The number of ketones is 1. The lowest BCUT2D eigenvalue weighted by Crippen LogP contribution is -2.45. The van der Waals surface area contributed by atoms with Crippen molar-refractivity contribution in [2.75, 3.05) is 7.11 Å². The largest absolute Gasteiger partial charge is 0.497 e. The van der Waals surface area contributed by atoms with Gasteiger partial charge in [0.15, 0.2) is 5.78 Å². The van der Waals surface area contributed by atoms with Crippen molar-refractivity contribution in [2.45, 2.75) is 31.2 Å². The smallest absolute Gasteiger partial charge is 0.182 e. The highest BCUT2D eigenvalue weighted by Gasteiger charge is 2.37. The first-order valence-electron chi connectivity index (χ1n) is 5.63. The van der Waals surface area contributed by atoms with E-state index in [0.717, 1.165) is 31.4 Å². The second-order valence-corrected chi connectivity index (χ2v) is 4.42. The highest BCUT2D eigenvalue weighted by atomic mass is 16.5. The van der Waals surface area contributed by atoms with Gasteiger partial charge in [-0.1, -0.05) is 12.8 Å². The lowest BCUT2D eigenvalue weighted by molar-refractivity contribution is 0.0892. The zero-order chi connectivity index (χ0) is 11.6. The van der Waals surface area contributed by atoms with Crippen molar-refractivity contribution in [3.05, 3.63) is 29.8 Å². The standard InChI is InChI=1S/C13H17NO2/c1-16-11-6-4-10(5-7-11)12(15)13(14)8-2-3-9-13/h4-7H,2-3,8-9,14H2,1H3. The summed E-state index contributed by atoms with van der Waals surface area (Å²) in [5, 5.41) is 0. The molecule has 1 aliphatic rings. The average Bonchev–Trinajstić information content (AvgIpc) is 2.77. The van der Waals surface area contributed by atoms with Crippen LogP contribution >= 0.6 is 0 Å². The van der Waals surface area contributed by atoms with E-state index in [0.29, 0.717) is 5.56 Å². The van der Waals surface area contributed by atoms with Crippen LogP contribution in [0.3, 0.4) is 0 Å². The van der Waals surface area contributed by atoms with Gasteiger partial charge in [0.25, 0.3) is 0 Å². The molecule has 0 spiro atoms. The molecule has 0 bridgehead atoms. The highest BCUT2D eigenvalue weighted by Crippen LogP contribution is 2.30. The summed E-state index contributed by atoms with van der Waals surface area (Å²) in [5.74, 6) is 0.821. The minimum absolute atomic E-state index is 0.0626. The van der Waals surface area contributed by atoms with Gasteiger partial charge in [0.05, 0.1) is 12.6 Å². The normalized spacial score (nSPS) is 18.4. The first-order chi connectivity index (χ1) is 7.65. The van der Waals surface area contributed by atoms with Gasteiger partial charge >= 0.3 is 0 Å². The van der Waals surface area contributed by atoms with Crippen LogP contribution in [-0.4, -0.2) is 18.4 Å². The summed E-state index contributed by atoms with van der Waals surface area (Å²) < 4.78 is 5.06. The van der Waals surface area contributed by atoms with Crippen LogP contribution in [0.4, 0.5) is 0 Å². The molecule has 1 aromatic carbocycles. The fraction of sp³-hybridized carbons (Fsp3) is 0.462. The number of methoxy groups -OCH3 is 1. The van der Waals surface area contributed by atoms with Crippen molar-refractivity contribution < 1.29 is 9.53 Å². The highest BCUT2D eigenvalue weighted by molar-refractivity contribution is 6.03. The summed E-state index contributed by atoms with van der Waals surface area (Å²) in [5.41, 5.74) is 6.18. The first kappa shape index (κ1) is 11.1. The predicted molar refractivity (Wildman–Crippen MR) is 62.7 cm³/mol. The Morgan fingerprint density at radius 2 is 1.81 bits per heavy atom. The second-order valence-electron chi connectivity index (χ2n) is 4.42. The number of benzene rings is 1. The lowest BCUT2D eigenvalue weighted by Gasteiger charge is -2.21. The number of hydrogen-bond acceptors (Lipinski definition) is 3. The summed E-state index contributed by atoms with van der Waals surface area (Å²) in [6, 6.07) is 7.17. The Bertz CT molecular complexity index is 377. The van der Waals surface area contributed by atoms with Crippen molar-refractivity contribution in [1.82, 2.24) is 0 Å². The van der Waals surface area contributed by atoms with Crippen molar-refractivity contribution >= 4 is 5.78 Å². The van der Waals surface area contributed by atoms with E-state index in [9.17, 15) is 4.79 Å². The summed E-state index contributed by atoms with van der Waals surface area (Å²) in [7, 11) is 1.61. The molecule has 2 rings (SSSR count). The molecule has 86 valence electrons. The van der Waals surface area contributed by atoms with Crippen LogP contribution in [-0.2, 0) is 0 Å². The van der Waals surface area contributed by atoms with Gasteiger partial charge in [0.2, 0.25) is 0 Å². The molecule has 3 heteroatoms. The number of carbonyl (C=O) groups is 1. The van der Waals surface area contributed by atoms with Crippen LogP contribution in [0.2, 0.25) is 0 Å². The van der Waals surface area contributed by atoms with E-state index in [2.05, 4.69) is 0 Å². The van der Waals surface area contributed by atoms with Crippen LogP contribution in [0.1, 0.15) is 36.0 Å². The van der Waals surface area contributed by atoms with Crippen molar-refractivity contribution in [2.24, 2.45) is 5.73 Å². The third-order valence-electron chi connectivity index (χ3n) is 3.30. The second kappa shape index (κ2) is 4.26. The molecule has 0 amide bonds. The van der Waals surface area contributed by atoms with E-state index in [1.165, 1.54) is 0 Å². The molecule has 1 aromatic rings. The van der Waals surface area contributed by atoms with E-state index in [-0.39, 0.29) is 5.78 Å². The van der Waals surface area contributed by atoms with E-state index in [4.69, 9.17) is 10.5 Å². The quantitative estimate of drug-likeness (QED) is 0.792. The summed E-state index contributed by atoms with van der Waals surface area (Å²) in [6.07, 6.45) is 3.71. The molecular formula is C13H17NO2. The number of hydrogen-bond donors (Lipinski definition) is 1. The molecule has 1 saturated carbocycles. The van der Waals surface area contributed by atoms with Crippen LogP contribution in [0.25, 0.3) is 0 Å². The Labute approximate surface area is 95.6 Å². The summed E-state index contributed by atoms with van der Waals surface area (Å²) >= 11 is 0. The van der Waals surface area contributed by atoms with Crippen LogP contribution in [0, 0.1) is 0 Å². The maximum Gasteiger partial charge on any atom is 0.182 e. The van der Waals surface area contributed by atoms with Crippen molar-refractivity contribution in [3.63, 3.8) is 0 Å². The molecule has 0 saturated heterocycles. The fourth-order valence-electron chi connectivity index (χ4n) is 2.26. The third-order valence-corrected chi connectivity index (χ3v) is 3.30. The Kier molecular flexibility index (Phi) is 2.97. The topological polar surface area (TPSA) is 52.3 Å². The molecule has 1 aliphatic carbocycles. The number of rotatable bonds is 3. The van der Waals surface area contributed by atoms with Gasteiger partial charge in [-0.05, 0) is 37.1 Å². The lowest BCUT2D eigenvalue weighted by atomic mass is 9.89. The maximum atomic E-state index is 12.2. The number of Topliss-reactive ketones (excluding diaryl/α,β-unsaturated/α-hetero) is 1. The zero-order valence-corrected chi connectivity index (χ0v) is 9.53. The van der Waals surface area contributed by atoms with Gasteiger partial charge in [-0.15, -0.1) is 0 Å². The van der Waals surface area contributed by atoms with E-state index in [1.54, 1.807) is 31.4 Å².